The monoisotopic (exact) mass is 137 g/mol. The third-order valence-electron chi connectivity index (χ3n) is 2.13. The summed E-state index contributed by atoms with van der Waals surface area (Å²) in [5, 5.41) is 0. The Hall–Kier alpha value is -0.260. The van der Waals surface area contributed by atoms with Crippen molar-refractivity contribution >= 4 is 0 Å². The molecule has 0 heterocycles. The van der Waals surface area contributed by atoms with Crippen LogP contribution in [0.25, 0.3) is 0 Å². The fourth-order valence-electron chi connectivity index (χ4n) is 1.54. The summed E-state index contributed by atoms with van der Waals surface area (Å²) in [6.45, 7) is 3.87. The van der Waals surface area contributed by atoms with Gasteiger partial charge in [-0.15, -0.1) is 0 Å². The molecule has 0 aliphatic heterocycles. The summed E-state index contributed by atoms with van der Waals surface area (Å²) in [4.78, 5) is 0. The van der Waals surface area contributed by atoms with E-state index >= 15 is 0 Å². The van der Waals surface area contributed by atoms with Crippen LogP contribution in [0.5, 0.6) is 0 Å². The first-order valence-electron chi connectivity index (χ1n) is 4.40. The zero-order valence-electron chi connectivity index (χ0n) is 6.73. The van der Waals surface area contributed by atoms with Crippen molar-refractivity contribution < 1.29 is 0 Å². The van der Waals surface area contributed by atoms with E-state index in [0.717, 1.165) is 6.42 Å². The Kier molecular flexibility index (Phi) is 3.56. The molecule has 10 heavy (non-hydrogen) atoms. The molecule has 57 valence electrons. The van der Waals surface area contributed by atoms with Crippen molar-refractivity contribution in [2.45, 2.75) is 44.9 Å². The molecule has 0 N–H and O–H groups in total. The molecule has 0 amide bonds. The Bertz CT molecular complexity index is 111. The first-order valence-corrected chi connectivity index (χ1v) is 4.40. The van der Waals surface area contributed by atoms with Gasteiger partial charge in [0.05, 0.1) is 0 Å². The summed E-state index contributed by atoms with van der Waals surface area (Å²) in [5.74, 6) is 0. The maximum absolute atomic E-state index is 3.87. The van der Waals surface area contributed by atoms with E-state index in [0.29, 0.717) is 0 Å². The highest BCUT2D eigenvalue weighted by Gasteiger charge is 2.00. The highest BCUT2D eigenvalue weighted by atomic mass is 14.1. The minimum absolute atomic E-state index is 1.08. The van der Waals surface area contributed by atoms with Gasteiger partial charge in [0.1, 0.15) is 0 Å². The van der Waals surface area contributed by atoms with Crippen LogP contribution in [-0.2, 0) is 0 Å². The third kappa shape index (κ3) is 2.55. The zero-order chi connectivity index (χ0) is 7.23. The SMILES string of the molecule is [CH2]CCC1=CCCCCC1. The van der Waals surface area contributed by atoms with Gasteiger partial charge in [0.15, 0.2) is 0 Å². The van der Waals surface area contributed by atoms with Crippen molar-refractivity contribution in [2.75, 3.05) is 0 Å². The molecule has 1 aliphatic rings. The average Bonchev–Trinajstić information content (AvgIpc) is 2.17. The number of allylic oxidation sites excluding steroid dienone is 2. The molecule has 0 nitrogen and oxygen atoms in total. The smallest absolute Gasteiger partial charge is 0.0320 e. The molecule has 0 atom stereocenters. The van der Waals surface area contributed by atoms with E-state index in [9.17, 15) is 0 Å². The topological polar surface area (TPSA) is 0 Å². The van der Waals surface area contributed by atoms with E-state index in [2.05, 4.69) is 13.0 Å². The zero-order valence-corrected chi connectivity index (χ0v) is 6.73. The second-order valence-electron chi connectivity index (χ2n) is 3.07. The molecule has 1 rings (SSSR count). The Balaban J connectivity index is 2.31. The van der Waals surface area contributed by atoms with Crippen LogP contribution >= 0.6 is 0 Å². The van der Waals surface area contributed by atoms with Gasteiger partial charge in [-0.3, -0.25) is 0 Å². The molecular weight excluding hydrogens is 120 g/mol. The van der Waals surface area contributed by atoms with E-state index in [4.69, 9.17) is 0 Å². The van der Waals surface area contributed by atoms with Gasteiger partial charge >= 0.3 is 0 Å². The van der Waals surface area contributed by atoms with Crippen LogP contribution in [0.1, 0.15) is 44.9 Å². The summed E-state index contributed by atoms with van der Waals surface area (Å²) in [7, 11) is 0. The van der Waals surface area contributed by atoms with Gasteiger partial charge in [0.2, 0.25) is 0 Å². The van der Waals surface area contributed by atoms with E-state index < -0.39 is 0 Å². The molecule has 0 bridgehead atoms. The normalized spacial score (nSPS) is 19.9. The highest BCUT2D eigenvalue weighted by molar-refractivity contribution is 5.03. The second-order valence-corrected chi connectivity index (χ2v) is 3.07. The lowest BCUT2D eigenvalue weighted by molar-refractivity contribution is 0.702. The maximum Gasteiger partial charge on any atom is -0.0320 e. The molecule has 0 spiro atoms. The van der Waals surface area contributed by atoms with Crippen molar-refractivity contribution in [2.24, 2.45) is 0 Å². The van der Waals surface area contributed by atoms with Gasteiger partial charge in [0, 0.05) is 0 Å². The van der Waals surface area contributed by atoms with Gasteiger partial charge < -0.3 is 0 Å². The molecule has 0 unspecified atom stereocenters. The Morgan fingerprint density at radius 3 is 3.00 bits per heavy atom. The Morgan fingerprint density at radius 1 is 1.30 bits per heavy atom. The van der Waals surface area contributed by atoms with Crippen molar-refractivity contribution in [3.05, 3.63) is 18.6 Å². The number of hydrogen-bond acceptors (Lipinski definition) is 0. The van der Waals surface area contributed by atoms with Crippen molar-refractivity contribution in [1.29, 1.82) is 0 Å². The van der Waals surface area contributed by atoms with Crippen LogP contribution in [0.4, 0.5) is 0 Å². The molecule has 0 heteroatoms. The Labute approximate surface area is 64.3 Å². The van der Waals surface area contributed by atoms with E-state index in [1.807, 2.05) is 0 Å². The first kappa shape index (κ1) is 7.84. The number of rotatable bonds is 2. The van der Waals surface area contributed by atoms with Crippen LogP contribution in [-0.4, -0.2) is 0 Å². The van der Waals surface area contributed by atoms with Crippen LogP contribution in [0, 0.1) is 6.92 Å². The lowest BCUT2D eigenvalue weighted by Gasteiger charge is -2.00. The molecule has 1 aliphatic carbocycles. The second kappa shape index (κ2) is 4.54. The minimum atomic E-state index is 1.08. The van der Waals surface area contributed by atoms with Crippen molar-refractivity contribution in [3.8, 4) is 0 Å². The minimum Gasteiger partial charge on any atom is -0.0853 e. The van der Waals surface area contributed by atoms with Gasteiger partial charge in [-0.25, -0.2) is 0 Å². The highest BCUT2D eigenvalue weighted by Crippen LogP contribution is 2.20. The molecule has 0 aromatic heterocycles. The van der Waals surface area contributed by atoms with Crippen molar-refractivity contribution in [3.63, 3.8) is 0 Å². The molecule has 1 radical (unpaired) electrons. The summed E-state index contributed by atoms with van der Waals surface area (Å²) in [6.07, 6.45) is 11.6. The fourth-order valence-corrected chi connectivity index (χ4v) is 1.54. The standard InChI is InChI=1S/C10H17/c1-2-7-10-8-5-3-4-6-9-10/h8H,1-7,9H2. The van der Waals surface area contributed by atoms with Crippen LogP contribution in [0.3, 0.4) is 0 Å². The largest absolute Gasteiger partial charge is 0.0853 e. The summed E-state index contributed by atoms with van der Waals surface area (Å²) < 4.78 is 0. The number of hydrogen-bond donors (Lipinski definition) is 0. The summed E-state index contributed by atoms with van der Waals surface area (Å²) in [5.41, 5.74) is 1.66. The van der Waals surface area contributed by atoms with E-state index in [1.54, 1.807) is 5.57 Å². The molecule has 0 aromatic rings. The summed E-state index contributed by atoms with van der Waals surface area (Å²) in [6, 6.07) is 0. The fraction of sp³-hybridized carbons (Fsp3) is 0.700. The van der Waals surface area contributed by atoms with E-state index in [1.165, 1.54) is 38.5 Å². The lowest BCUT2D eigenvalue weighted by atomic mass is 10.1. The predicted octanol–water partition coefficient (Wildman–Crippen LogP) is 3.49. The van der Waals surface area contributed by atoms with Crippen molar-refractivity contribution in [1.82, 2.24) is 0 Å². The quantitative estimate of drug-likeness (QED) is 0.511. The predicted molar refractivity (Wildman–Crippen MR) is 45.8 cm³/mol. The molecule has 0 aromatic carbocycles. The Morgan fingerprint density at radius 2 is 2.20 bits per heavy atom. The summed E-state index contributed by atoms with van der Waals surface area (Å²) >= 11 is 0. The molecule has 0 saturated heterocycles. The van der Waals surface area contributed by atoms with Crippen LogP contribution in [0.2, 0.25) is 0 Å². The van der Waals surface area contributed by atoms with Gasteiger partial charge in [-0.2, -0.15) is 0 Å². The van der Waals surface area contributed by atoms with Crippen LogP contribution < -0.4 is 0 Å². The van der Waals surface area contributed by atoms with Crippen LogP contribution in [0.15, 0.2) is 11.6 Å². The van der Waals surface area contributed by atoms with Gasteiger partial charge in [-0.1, -0.05) is 25.0 Å². The maximum atomic E-state index is 3.87. The molecule has 0 saturated carbocycles. The van der Waals surface area contributed by atoms with Gasteiger partial charge in [-0.05, 0) is 38.5 Å². The van der Waals surface area contributed by atoms with Gasteiger partial charge in [0.25, 0.3) is 0 Å². The first-order chi connectivity index (χ1) is 4.93. The molecule has 0 fully saturated rings. The van der Waals surface area contributed by atoms with E-state index in [-0.39, 0.29) is 0 Å². The average molecular weight is 137 g/mol. The molecular formula is C10H17. The lowest BCUT2D eigenvalue weighted by Crippen LogP contribution is -1.80. The third-order valence-corrected chi connectivity index (χ3v) is 2.13.